The number of Topliss-reactive ketones (excluding diaryl/α,β-unsaturated/α-hetero) is 1. The zero-order valence-electron chi connectivity index (χ0n) is 35.2. The number of phenols is 2. The fraction of sp³-hybridized carbons (Fsp3) is 0.511. The van der Waals surface area contributed by atoms with Gasteiger partial charge in [-0.25, -0.2) is 0 Å². The predicted molar refractivity (Wildman–Crippen MR) is 216 cm³/mol. The Morgan fingerprint density at radius 2 is 1.68 bits per heavy atom. The molecule has 0 radical (unpaired) electrons. The van der Waals surface area contributed by atoms with Crippen molar-refractivity contribution >= 4 is 23.3 Å². The van der Waals surface area contributed by atoms with Crippen LogP contribution in [0.15, 0.2) is 42.5 Å². The quantitative estimate of drug-likeness (QED) is 0.0595. The van der Waals surface area contributed by atoms with Crippen LogP contribution in [0.25, 0.3) is 0 Å². The average Bonchev–Trinajstić information content (AvgIpc) is 3.68. The van der Waals surface area contributed by atoms with Crippen LogP contribution in [0.4, 0.5) is 0 Å². The van der Waals surface area contributed by atoms with Crippen molar-refractivity contribution in [3.8, 4) is 23.0 Å². The van der Waals surface area contributed by atoms with Gasteiger partial charge in [-0.1, -0.05) is 24.3 Å². The van der Waals surface area contributed by atoms with Gasteiger partial charge in [0.15, 0.2) is 30.4 Å². The highest BCUT2D eigenvalue weighted by molar-refractivity contribution is 6.31. The average molecular weight is 908 g/mol. The molecule has 4 saturated heterocycles. The lowest BCUT2D eigenvalue weighted by Gasteiger charge is -2.43. The third-order valence-corrected chi connectivity index (χ3v) is 13.1. The van der Waals surface area contributed by atoms with Crippen LogP contribution in [0.5, 0.6) is 23.0 Å². The summed E-state index contributed by atoms with van der Waals surface area (Å²) in [6, 6.07) is 10.2. The molecule has 0 bridgehead atoms. The molecule has 4 heterocycles. The summed E-state index contributed by atoms with van der Waals surface area (Å²) in [6.45, 7) is 1.38. The van der Waals surface area contributed by atoms with E-state index in [-0.39, 0.29) is 65.7 Å². The van der Waals surface area contributed by atoms with E-state index in [2.05, 4.69) is 4.90 Å². The molecule has 20 heteroatoms. The third kappa shape index (κ3) is 8.00. The van der Waals surface area contributed by atoms with Crippen molar-refractivity contribution in [2.75, 3.05) is 33.5 Å². The summed E-state index contributed by atoms with van der Waals surface area (Å²) in [6.07, 6.45) is -11.0. The van der Waals surface area contributed by atoms with E-state index >= 15 is 0 Å². The van der Waals surface area contributed by atoms with E-state index in [9.17, 15) is 54.9 Å². The number of nitrogens with zero attached hydrogens (tertiary/aromatic N) is 1. The smallest absolute Gasteiger partial charge is 0.311 e. The van der Waals surface area contributed by atoms with Crippen molar-refractivity contribution in [3.05, 3.63) is 81.4 Å². The van der Waals surface area contributed by atoms with Gasteiger partial charge in [-0.3, -0.25) is 24.1 Å². The number of aliphatic hydroxyl groups is 5. The predicted octanol–water partition coefficient (Wildman–Crippen LogP) is 0.0587. The zero-order valence-corrected chi connectivity index (χ0v) is 35.2. The summed E-state index contributed by atoms with van der Waals surface area (Å²) in [5.74, 6) is -5.17. The number of esters is 1. The Balaban J connectivity index is 0.957. The van der Waals surface area contributed by atoms with Crippen molar-refractivity contribution in [2.24, 2.45) is 0 Å². The van der Waals surface area contributed by atoms with Gasteiger partial charge in [0.1, 0.15) is 59.6 Å². The van der Waals surface area contributed by atoms with E-state index in [0.29, 0.717) is 18.7 Å². The summed E-state index contributed by atoms with van der Waals surface area (Å²) in [4.78, 5) is 57.2. The maximum Gasteiger partial charge on any atom is 0.311 e. The van der Waals surface area contributed by atoms with Crippen molar-refractivity contribution in [1.82, 2.24) is 4.90 Å². The molecule has 65 heavy (non-hydrogen) atoms. The van der Waals surface area contributed by atoms with Gasteiger partial charge in [0.05, 0.1) is 42.1 Å². The summed E-state index contributed by atoms with van der Waals surface area (Å²) < 4.78 is 46.8. The molecule has 12 atom stereocenters. The molecule has 4 aliphatic heterocycles. The number of aliphatic hydroxyl groups excluding tert-OH is 4. The lowest BCUT2D eigenvalue weighted by atomic mass is 9.72. The number of hydrogen-bond donors (Lipinski definition) is 7. The van der Waals surface area contributed by atoms with Gasteiger partial charge >= 0.3 is 5.97 Å². The van der Waals surface area contributed by atoms with Crippen molar-refractivity contribution < 1.29 is 92.8 Å². The first-order chi connectivity index (χ1) is 31.1. The van der Waals surface area contributed by atoms with Crippen molar-refractivity contribution in [2.45, 2.75) is 112 Å². The number of aromatic hydroxyl groups is 2. The number of aryl methyl sites for hydroxylation is 1. The number of carbonyl (C=O) groups excluding carboxylic acids is 4. The van der Waals surface area contributed by atoms with E-state index in [1.165, 1.54) is 25.3 Å². The fourth-order valence-corrected chi connectivity index (χ4v) is 9.78. The second kappa shape index (κ2) is 17.7. The second-order valence-corrected chi connectivity index (χ2v) is 17.1. The maximum atomic E-state index is 14.5. The number of ketones is 3. The summed E-state index contributed by atoms with van der Waals surface area (Å²) in [5, 5.41) is 75.3. The number of ether oxygens (including phenoxy) is 8. The number of carbonyl (C=O) groups is 4. The number of rotatable bonds is 11. The van der Waals surface area contributed by atoms with E-state index < -0.39 is 133 Å². The molecule has 0 aromatic heterocycles. The summed E-state index contributed by atoms with van der Waals surface area (Å²) in [7, 11) is 1.51. The van der Waals surface area contributed by atoms with Crippen LogP contribution in [0.3, 0.4) is 0 Å². The van der Waals surface area contributed by atoms with Crippen LogP contribution >= 0.6 is 0 Å². The Morgan fingerprint density at radius 1 is 0.923 bits per heavy atom. The minimum atomic E-state index is -2.33. The first-order valence-corrected chi connectivity index (χ1v) is 21.3. The summed E-state index contributed by atoms with van der Waals surface area (Å²) in [5.41, 5.74) is -3.84. The Morgan fingerprint density at radius 3 is 2.42 bits per heavy atom. The molecular weight excluding hydrogens is 858 g/mol. The fourth-order valence-electron chi connectivity index (χ4n) is 9.78. The van der Waals surface area contributed by atoms with Gasteiger partial charge in [0.2, 0.25) is 12.1 Å². The van der Waals surface area contributed by atoms with E-state index in [0.717, 1.165) is 0 Å². The molecule has 2 aliphatic carbocycles. The van der Waals surface area contributed by atoms with Crippen LogP contribution in [-0.2, 0) is 50.9 Å². The van der Waals surface area contributed by atoms with E-state index in [1.807, 2.05) is 0 Å². The van der Waals surface area contributed by atoms with Crippen LogP contribution in [0, 0.1) is 0 Å². The molecule has 3 aromatic rings. The molecule has 0 unspecified atom stereocenters. The Kier molecular flexibility index (Phi) is 12.3. The van der Waals surface area contributed by atoms with E-state index in [1.54, 1.807) is 31.2 Å². The maximum absolute atomic E-state index is 14.5. The number of fused-ring (bicyclic) bond motifs is 6. The highest BCUT2D eigenvalue weighted by Crippen LogP contribution is 2.53. The number of phenolic OH excluding ortho intramolecular Hbond substituents is 2. The topological polar surface area (TPSA) is 287 Å². The van der Waals surface area contributed by atoms with Gasteiger partial charge in [-0.05, 0) is 37.1 Å². The lowest BCUT2D eigenvalue weighted by Crippen LogP contribution is -2.55. The monoisotopic (exact) mass is 907 g/mol. The lowest BCUT2D eigenvalue weighted by molar-refractivity contribution is -0.256. The molecule has 20 nitrogen and oxygen atoms in total. The van der Waals surface area contributed by atoms with Crippen molar-refractivity contribution in [1.29, 1.82) is 0 Å². The zero-order chi connectivity index (χ0) is 46.1. The highest BCUT2D eigenvalue weighted by Gasteiger charge is 2.55. The van der Waals surface area contributed by atoms with Crippen molar-refractivity contribution in [3.63, 3.8) is 0 Å². The number of hydrogen-bond acceptors (Lipinski definition) is 20. The Hall–Kier alpha value is -4.94. The van der Waals surface area contributed by atoms with Gasteiger partial charge in [-0.2, -0.15) is 0 Å². The number of morpholine rings is 1. The molecule has 7 N–H and O–H groups in total. The molecule has 0 amide bonds. The molecule has 0 spiro atoms. The minimum absolute atomic E-state index is 0.170. The SMILES string of the molecule is CO[C@H]1OCCN2[C@@H]1O[C@@H]1[C@H](C)O[C@@H](O[C@H]3C[C@](O)(C(=O)CO)Cc4c(O)c5c(c(O)c43)C(=O)c3c(OC(=O)CCc4ccc(O[C@@H]6OC[C@@H](O)[C@H](O)[C@H]6O)cc4)cccc3C5=O)C[C@@H]12. The second-order valence-electron chi connectivity index (χ2n) is 17.1. The molecule has 6 aliphatic rings. The summed E-state index contributed by atoms with van der Waals surface area (Å²) >= 11 is 0. The number of benzene rings is 3. The van der Waals surface area contributed by atoms with Gasteiger partial charge in [0, 0.05) is 62.1 Å². The highest BCUT2D eigenvalue weighted by atomic mass is 16.7. The first kappa shape index (κ1) is 45.2. The Labute approximate surface area is 370 Å². The first-order valence-electron chi connectivity index (χ1n) is 21.3. The largest absolute Gasteiger partial charge is 0.507 e. The molecule has 0 saturated carbocycles. The minimum Gasteiger partial charge on any atom is -0.507 e. The van der Waals surface area contributed by atoms with Crippen LogP contribution in [0.1, 0.15) is 80.8 Å². The molecule has 3 aromatic carbocycles. The standard InChI is InChI=1S/C45H49NO19/c1-19-41-24(46-12-13-59-44(58-2)42(46)65-41)14-30(61-19)64-27-16-45(57,28(49)17-47)15-23-32(27)39(55)34-33(36(23)52)35(51)22-4-3-5-26(31(22)38(34)54)63-29(50)11-8-20-6-9-21(10-7-20)62-43-40(56)37(53)25(48)18-60-43/h3-7,9-10,19,24-25,27,30,37,40-44,47-48,52-53,55-57H,8,11-18H2,1-2H3/t19-,24-,25+,27-,30-,37-,40+,41+,42+,43-,44-,45-/m0/s1. The number of methoxy groups -OCH3 is 1. The Bertz CT molecular complexity index is 2370. The van der Waals surface area contributed by atoms with E-state index in [4.69, 9.17) is 37.9 Å². The van der Waals surface area contributed by atoms with Crippen LogP contribution in [0.2, 0.25) is 0 Å². The van der Waals surface area contributed by atoms with Gasteiger partial charge in [0.25, 0.3) is 0 Å². The third-order valence-electron chi connectivity index (χ3n) is 13.1. The van der Waals surface area contributed by atoms with Gasteiger partial charge < -0.3 is 73.6 Å². The molecule has 4 fully saturated rings. The van der Waals surface area contributed by atoms with Crippen LogP contribution < -0.4 is 9.47 Å². The molecular formula is C45H49NO19. The van der Waals surface area contributed by atoms with Crippen LogP contribution in [-0.4, -0.2) is 165 Å². The normalized spacial score (nSPS) is 33.0. The van der Waals surface area contributed by atoms with Gasteiger partial charge in [-0.15, -0.1) is 0 Å². The molecule has 348 valence electrons. The molecule has 9 rings (SSSR count).